The van der Waals surface area contributed by atoms with Gasteiger partial charge in [0, 0.05) is 32.7 Å². The minimum absolute atomic E-state index is 0.126. The van der Waals surface area contributed by atoms with Crippen LogP contribution in [-0.4, -0.2) is 61.6 Å². The van der Waals surface area contributed by atoms with Crippen molar-refractivity contribution in [1.29, 1.82) is 0 Å². The van der Waals surface area contributed by atoms with Crippen molar-refractivity contribution in [3.8, 4) is 0 Å². The van der Waals surface area contributed by atoms with Gasteiger partial charge in [0.15, 0.2) is 0 Å². The lowest BCUT2D eigenvalue weighted by atomic mass is 9.96. The predicted octanol–water partition coefficient (Wildman–Crippen LogP) is 2.08. The summed E-state index contributed by atoms with van der Waals surface area (Å²) in [6.07, 6.45) is 2.31. The van der Waals surface area contributed by atoms with Gasteiger partial charge < -0.3 is 14.1 Å². The number of nitrogens with zero attached hydrogens (tertiary/aromatic N) is 2. The van der Waals surface area contributed by atoms with Crippen molar-refractivity contribution in [2.75, 3.05) is 45.9 Å². The summed E-state index contributed by atoms with van der Waals surface area (Å²) in [5.74, 6) is 2.24. The predicted molar refractivity (Wildman–Crippen MR) is 84.1 cm³/mol. The van der Waals surface area contributed by atoms with Gasteiger partial charge in [0.25, 0.3) is 5.91 Å². The minimum atomic E-state index is 0.126. The van der Waals surface area contributed by atoms with E-state index in [2.05, 4.69) is 4.90 Å². The highest BCUT2D eigenvalue weighted by atomic mass is 16.5. The molecular weight excluding hydrogens is 280 g/mol. The largest absolute Gasteiger partial charge is 0.466 e. The molecule has 2 aliphatic rings. The third-order valence-corrected chi connectivity index (χ3v) is 4.70. The third kappa shape index (κ3) is 3.52. The Morgan fingerprint density at radius 3 is 2.73 bits per heavy atom. The number of likely N-dealkylation sites (tertiary alicyclic amines) is 1. The molecule has 0 bridgehead atoms. The Balaban J connectivity index is 1.60. The first-order valence-corrected chi connectivity index (χ1v) is 8.30. The van der Waals surface area contributed by atoms with Crippen molar-refractivity contribution in [2.45, 2.75) is 26.7 Å². The molecular formula is C17H26N2O3. The zero-order valence-corrected chi connectivity index (χ0v) is 13.6. The number of carbonyl (C=O) groups excluding carboxylic acids is 1. The number of ether oxygens (including phenoxy) is 1. The van der Waals surface area contributed by atoms with Gasteiger partial charge in [-0.25, -0.2) is 0 Å². The lowest BCUT2D eigenvalue weighted by Crippen LogP contribution is -2.46. The molecule has 0 N–H and O–H groups in total. The lowest BCUT2D eigenvalue weighted by molar-refractivity contribution is 0.0223. The van der Waals surface area contributed by atoms with Crippen molar-refractivity contribution in [3.05, 3.63) is 23.2 Å². The zero-order valence-electron chi connectivity index (χ0n) is 13.6. The van der Waals surface area contributed by atoms with Gasteiger partial charge in [0.1, 0.15) is 11.5 Å². The molecule has 2 aliphatic heterocycles. The molecule has 1 aromatic heterocycles. The van der Waals surface area contributed by atoms with Crippen LogP contribution in [0.1, 0.15) is 34.7 Å². The highest BCUT2D eigenvalue weighted by Crippen LogP contribution is 2.22. The number of amides is 1. The number of hydrogen-bond acceptors (Lipinski definition) is 4. The van der Waals surface area contributed by atoms with E-state index in [0.29, 0.717) is 5.92 Å². The first kappa shape index (κ1) is 15.6. The fraction of sp³-hybridized carbons (Fsp3) is 0.706. The molecule has 0 saturated carbocycles. The Hall–Kier alpha value is -1.33. The minimum Gasteiger partial charge on any atom is -0.466 e. The van der Waals surface area contributed by atoms with Gasteiger partial charge in [-0.15, -0.1) is 0 Å². The van der Waals surface area contributed by atoms with Crippen molar-refractivity contribution in [3.63, 3.8) is 0 Å². The molecule has 1 aromatic rings. The Kier molecular flexibility index (Phi) is 4.84. The fourth-order valence-corrected chi connectivity index (χ4v) is 3.56. The number of carbonyl (C=O) groups is 1. The molecule has 2 saturated heterocycles. The maximum atomic E-state index is 12.7. The second-order valence-corrected chi connectivity index (χ2v) is 6.50. The van der Waals surface area contributed by atoms with Gasteiger partial charge in [-0.3, -0.25) is 9.69 Å². The maximum absolute atomic E-state index is 12.7. The first-order chi connectivity index (χ1) is 10.6. The summed E-state index contributed by atoms with van der Waals surface area (Å²) in [5, 5.41) is 0. The van der Waals surface area contributed by atoms with E-state index in [9.17, 15) is 4.79 Å². The molecule has 5 nitrogen and oxygen atoms in total. The molecule has 1 atom stereocenters. The van der Waals surface area contributed by atoms with Gasteiger partial charge in [0.2, 0.25) is 0 Å². The summed E-state index contributed by atoms with van der Waals surface area (Å²) in [6.45, 7) is 10.3. The highest BCUT2D eigenvalue weighted by Gasteiger charge is 2.28. The molecule has 5 heteroatoms. The van der Waals surface area contributed by atoms with Crippen LogP contribution in [0.25, 0.3) is 0 Å². The van der Waals surface area contributed by atoms with Crippen LogP contribution in [0.15, 0.2) is 10.5 Å². The average molecular weight is 306 g/mol. The number of hydrogen-bond donors (Lipinski definition) is 0. The normalized spacial score (nSPS) is 23.7. The van der Waals surface area contributed by atoms with E-state index in [-0.39, 0.29) is 5.91 Å². The van der Waals surface area contributed by atoms with E-state index in [4.69, 9.17) is 9.15 Å². The number of piperidine rings is 1. The van der Waals surface area contributed by atoms with Crippen LogP contribution in [0.2, 0.25) is 0 Å². The van der Waals surface area contributed by atoms with Gasteiger partial charge in [-0.05, 0) is 38.7 Å². The second kappa shape index (κ2) is 6.84. The average Bonchev–Trinajstić information content (AvgIpc) is 2.86. The van der Waals surface area contributed by atoms with E-state index in [0.717, 1.165) is 69.4 Å². The van der Waals surface area contributed by atoms with E-state index in [1.807, 2.05) is 24.8 Å². The number of morpholine rings is 1. The Morgan fingerprint density at radius 2 is 2.05 bits per heavy atom. The molecule has 3 heterocycles. The monoisotopic (exact) mass is 306 g/mol. The highest BCUT2D eigenvalue weighted by molar-refractivity contribution is 5.95. The topological polar surface area (TPSA) is 45.9 Å². The van der Waals surface area contributed by atoms with Crippen LogP contribution in [0.5, 0.6) is 0 Å². The number of furan rings is 1. The standard InChI is InChI=1S/C17H26N2O3/c1-13-10-16(14(2)22-13)17(20)19-5-3-4-15(12-19)11-18-6-8-21-9-7-18/h10,15H,3-9,11-12H2,1-2H3. The van der Waals surface area contributed by atoms with Crippen LogP contribution in [0.4, 0.5) is 0 Å². The molecule has 22 heavy (non-hydrogen) atoms. The van der Waals surface area contributed by atoms with Gasteiger partial charge >= 0.3 is 0 Å². The lowest BCUT2D eigenvalue weighted by Gasteiger charge is -2.36. The van der Waals surface area contributed by atoms with E-state index < -0.39 is 0 Å². The summed E-state index contributed by atoms with van der Waals surface area (Å²) in [5.41, 5.74) is 0.726. The molecule has 3 rings (SSSR count). The summed E-state index contributed by atoms with van der Waals surface area (Å²) in [4.78, 5) is 17.2. The van der Waals surface area contributed by atoms with E-state index >= 15 is 0 Å². The number of rotatable bonds is 3. The fourth-order valence-electron chi connectivity index (χ4n) is 3.56. The van der Waals surface area contributed by atoms with E-state index in [1.54, 1.807) is 0 Å². The Morgan fingerprint density at radius 1 is 1.27 bits per heavy atom. The van der Waals surface area contributed by atoms with Gasteiger partial charge in [-0.1, -0.05) is 0 Å². The second-order valence-electron chi connectivity index (χ2n) is 6.50. The van der Waals surface area contributed by atoms with Crippen LogP contribution in [-0.2, 0) is 4.74 Å². The molecule has 0 radical (unpaired) electrons. The Labute approximate surface area is 132 Å². The third-order valence-electron chi connectivity index (χ3n) is 4.70. The summed E-state index contributed by atoms with van der Waals surface area (Å²) in [7, 11) is 0. The molecule has 2 fully saturated rings. The summed E-state index contributed by atoms with van der Waals surface area (Å²) in [6, 6.07) is 1.86. The maximum Gasteiger partial charge on any atom is 0.257 e. The van der Waals surface area contributed by atoms with Crippen LogP contribution in [0, 0.1) is 19.8 Å². The molecule has 0 aliphatic carbocycles. The van der Waals surface area contributed by atoms with Crippen LogP contribution < -0.4 is 0 Å². The smallest absolute Gasteiger partial charge is 0.257 e. The van der Waals surface area contributed by atoms with Crippen molar-refractivity contribution >= 4 is 5.91 Å². The van der Waals surface area contributed by atoms with Crippen LogP contribution in [0.3, 0.4) is 0 Å². The van der Waals surface area contributed by atoms with Gasteiger partial charge in [0.05, 0.1) is 18.8 Å². The Bertz CT molecular complexity index is 520. The summed E-state index contributed by atoms with van der Waals surface area (Å²) >= 11 is 0. The van der Waals surface area contributed by atoms with Crippen molar-refractivity contribution < 1.29 is 13.9 Å². The van der Waals surface area contributed by atoms with E-state index in [1.165, 1.54) is 6.42 Å². The summed E-state index contributed by atoms with van der Waals surface area (Å²) < 4.78 is 10.9. The molecule has 0 spiro atoms. The molecule has 122 valence electrons. The molecule has 0 aromatic carbocycles. The quantitative estimate of drug-likeness (QED) is 0.858. The van der Waals surface area contributed by atoms with Crippen molar-refractivity contribution in [1.82, 2.24) is 9.80 Å². The van der Waals surface area contributed by atoms with Crippen LogP contribution >= 0.6 is 0 Å². The first-order valence-electron chi connectivity index (χ1n) is 8.30. The van der Waals surface area contributed by atoms with Gasteiger partial charge in [-0.2, -0.15) is 0 Å². The molecule has 1 amide bonds. The SMILES string of the molecule is Cc1cc(C(=O)N2CCCC(CN3CCOCC3)C2)c(C)o1. The number of aryl methyl sites for hydroxylation is 2. The molecule has 1 unspecified atom stereocenters. The zero-order chi connectivity index (χ0) is 15.5. The van der Waals surface area contributed by atoms with Crippen molar-refractivity contribution in [2.24, 2.45) is 5.92 Å².